The molecule has 1 rings (SSSR count). The average Bonchev–Trinajstić information content (AvgIpc) is 2.19. The summed E-state index contributed by atoms with van der Waals surface area (Å²) in [4.78, 5) is 11.3. The van der Waals surface area contributed by atoms with Crippen LogP contribution >= 0.6 is 27.5 Å². The monoisotopic (exact) mass is 273 g/mol. The maximum absolute atomic E-state index is 11.3. The number of nitriles is 1. The van der Waals surface area contributed by atoms with Crippen LogP contribution in [-0.4, -0.2) is 13.1 Å². The van der Waals surface area contributed by atoms with Crippen molar-refractivity contribution in [3.05, 3.63) is 32.8 Å². The third-order valence-corrected chi connectivity index (χ3v) is 2.58. The second-order valence-corrected chi connectivity index (χ2v) is 3.64. The minimum atomic E-state index is -0.618. The van der Waals surface area contributed by atoms with Gasteiger partial charge in [-0.3, -0.25) is 0 Å². The van der Waals surface area contributed by atoms with E-state index in [1.807, 2.05) is 6.07 Å². The molecule has 0 unspecified atom stereocenters. The van der Waals surface area contributed by atoms with E-state index in [4.69, 9.17) is 16.9 Å². The van der Waals surface area contributed by atoms with Crippen LogP contribution in [0.3, 0.4) is 0 Å². The van der Waals surface area contributed by atoms with Crippen LogP contribution in [0.25, 0.3) is 0 Å². The van der Waals surface area contributed by atoms with Gasteiger partial charge in [0.15, 0.2) is 0 Å². The Morgan fingerprint density at radius 3 is 2.79 bits per heavy atom. The maximum atomic E-state index is 11.3. The molecular formula is C9H5BrClNO2. The summed E-state index contributed by atoms with van der Waals surface area (Å²) in [7, 11) is 1.24. The number of rotatable bonds is 1. The summed E-state index contributed by atoms with van der Waals surface area (Å²) >= 11 is 8.93. The summed E-state index contributed by atoms with van der Waals surface area (Å²) in [5, 5.41) is 9.03. The van der Waals surface area contributed by atoms with Gasteiger partial charge >= 0.3 is 5.97 Å². The molecule has 0 amide bonds. The highest BCUT2D eigenvalue weighted by atomic mass is 79.9. The first-order valence-corrected chi connectivity index (χ1v) is 4.75. The van der Waals surface area contributed by atoms with E-state index in [1.165, 1.54) is 13.2 Å². The Kier molecular flexibility index (Phi) is 3.50. The van der Waals surface area contributed by atoms with Crippen molar-refractivity contribution in [2.24, 2.45) is 0 Å². The van der Waals surface area contributed by atoms with Gasteiger partial charge in [0, 0.05) is 4.47 Å². The van der Waals surface area contributed by atoms with Crippen LogP contribution in [-0.2, 0) is 4.74 Å². The van der Waals surface area contributed by atoms with E-state index in [-0.39, 0.29) is 16.1 Å². The number of benzene rings is 1. The molecule has 5 heteroatoms. The Labute approximate surface area is 94.4 Å². The van der Waals surface area contributed by atoms with Crippen molar-refractivity contribution in [2.45, 2.75) is 0 Å². The van der Waals surface area contributed by atoms with Crippen LogP contribution in [0.4, 0.5) is 0 Å². The van der Waals surface area contributed by atoms with E-state index in [0.29, 0.717) is 4.47 Å². The zero-order valence-corrected chi connectivity index (χ0v) is 9.52. The molecule has 1 aromatic rings. The number of nitrogens with zero attached hydrogens (tertiary/aromatic N) is 1. The predicted octanol–water partition coefficient (Wildman–Crippen LogP) is 2.76. The molecule has 0 N–H and O–H groups in total. The fraction of sp³-hybridized carbons (Fsp3) is 0.111. The molecule has 0 aliphatic carbocycles. The lowest BCUT2D eigenvalue weighted by atomic mass is 10.1. The zero-order chi connectivity index (χ0) is 10.7. The summed E-state index contributed by atoms with van der Waals surface area (Å²) in [6.45, 7) is 0. The van der Waals surface area contributed by atoms with Gasteiger partial charge in [0.1, 0.15) is 6.07 Å². The number of ether oxygens (including phenoxy) is 1. The van der Waals surface area contributed by atoms with E-state index in [2.05, 4.69) is 20.7 Å². The number of carbonyl (C=O) groups is 1. The van der Waals surface area contributed by atoms with Gasteiger partial charge in [0.25, 0.3) is 0 Å². The highest BCUT2D eigenvalue weighted by Gasteiger charge is 2.18. The SMILES string of the molecule is COC(=O)c1c(Cl)ccc(Br)c1C#N. The zero-order valence-electron chi connectivity index (χ0n) is 7.17. The van der Waals surface area contributed by atoms with Crippen LogP contribution in [0.5, 0.6) is 0 Å². The Morgan fingerprint density at radius 1 is 1.64 bits per heavy atom. The van der Waals surface area contributed by atoms with E-state index in [1.54, 1.807) is 6.07 Å². The van der Waals surface area contributed by atoms with Gasteiger partial charge in [-0.1, -0.05) is 11.6 Å². The minimum Gasteiger partial charge on any atom is -0.465 e. The van der Waals surface area contributed by atoms with Crippen molar-refractivity contribution in [3.63, 3.8) is 0 Å². The number of methoxy groups -OCH3 is 1. The lowest BCUT2D eigenvalue weighted by Crippen LogP contribution is -2.05. The number of esters is 1. The van der Waals surface area contributed by atoms with Crippen molar-refractivity contribution in [2.75, 3.05) is 7.11 Å². The molecule has 0 atom stereocenters. The molecule has 0 saturated carbocycles. The third kappa shape index (κ3) is 1.89. The van der Waals surface area contributed by atoms with E-state index in [9.17, 15) is 4.79 Å². The topological polar surface area (TPSA) is 50.1 Å². The van der Waals surface area contributed by atoms with Crippen LogP contribution in [0, 0.1) is 11.3 Å². The smallest absolute Gasteiger partial charge is 0.340 e. The summed E-state index contributed by atoms with van der Waals surface area (Å²) in [5.41, 5.74) is 0.274. The fourth-order valence-corrected chi connectivity index (χ4v) is 1.62. The Morgan fingerprint density at radius 2 is 2.29 bits per heavy atom. The molecule has 0 spiro atoms. The molecule has 3 nitrogen and oxygen atoms in total. The lowest BCUT2D eigenvalue weighted by Gasteiger charge is -2.05. The molecule has 14 heavy (non-hydrogen) atoms. The Bertz CT molecular complexity index is 426. The molecule has 0 radical (unpaired) electrons. The molecular weight excluding hydrogens is 269 g/mol. The summed E-state index contributed by atoms with van der Waals surface area (Å²) < 4.78 is 5.04. The quantitative estimate of drug-likeness (QED) is 0.740. The van der Waals surface area contributed by atoms with Crippen molar-refractivity contribution in [1.29, 1.82) is 5.26 Å². The second-order valence-electron chi connectivity index (χ2n) is 2.38. The van der Waals surface area contributed by atoms with Gasteiger partial charge in [0.05, 0.1) is 23.3 Å². The van der Waals surface area contributed by atoms with E-state index < -0.39 is 5.97 Å². The summed E-state index contributed by atoms with van der Waals surface area (Å²) in [6.07, 6.45) is 0. The maximum Gasteiger partial charge on any atom is 0.340 e. The van der Waals surface area contributed by atoms with Gasteiger partial charge in [-0.05, 0) is 28.1 Å². The molecule has 1 aromatic carbocycles. The summed E-state index contributed by atoms with van der Waals surface area (Å²) in [5.74, 6) is -0.618. The minimum absolute atomic E-state index is 0.0889. The van der Waals surface area contributed by atoms with Crippen LogP contribution in [0.1, 0.15) is 15.9 Å². The normalized spacial score (nSPS) is 9.29. The number of carbonyl (C=O) groups excluding carboxylic acids is 1. The molecule has 0 aromatic heterocycles. The van der Waals surface area contributed by atoms with Crippen LogP contribution in [0.15, 0.2) is 16.6 Å². The number of hydrogen-bond donors (Lipinski definition) is 0. The van der Waals surface area contributed by atoms with Gasteiger partial charge in [-0.15, -0.1) is 0 Å². The molecule has 0 aliphatic rings. The van der Waals surface area contributed by atoms with Gasteiger partial charge in [-0.25, -0.2) is 4.79 Å². The van der Waals surface area contributed by atoms with Gasteiger partial charge in [-0.2, -0.15) is 5.26 Å². The van der Waals surface area contributed by atoms with Crippen molar-refractivity contribution in [3.8, 4) is 6.07 Å². The first kappa shape index (κ1) is 11.0. The van der Waals surface area contributed by atoms with E-state index >= 15 is 0 Å². The molecule has 0 aliphatic heterocycles. The van der Waals surface area contributed by atoms with Crippen LogP contribution < -0.4 is 0 Å². The van der Waals surface area contributed by atoms with E-state index in [0.717, 1.165) is 0 Å². The van der Waals surface area contributed by atoms with Gasteiger partial charge in [0.2, 0.25) is 0 Å². The molecule has 0 saturated heterocycles. The van der Waals surface area contributed by atoms with Crippen molar-refractivity contribution >= 4 is 33.5 Å². The standard InChI is InChI=1S/C9H5BrClNO2/c1-14-9(13)8-5(4-12)6(10)2-3-7(8)11/h2-3H,1H3. The second kappa shape index (κ2) is 4.45. The molecule has 72 valence electrons. The van der Waals surface area contributed by atoms with Crippen LogP contribution in [0.2, 0.25) is 5.02 Å². The predicted molar refractivity (Wildman–Crippen MR) is 55.2 cm³/mol. The Balaban J connectivity index is 3.47. The third-order valence-electron chi connectivity index (χ3n) is 1.60. The van der Waals surface area contributed by atoms with Crippen molar-refractivity contribution < 1.29 is 9.53 Å². The first-order valence-electron chi connectivity index (χ1n) is 3.58. The Hall–Kier alpha value is -1.05. The average molecular weight is 275 g/mol. The number of hydrogen-bond acceptors (Lipinski definition) is 3. The summed E-state index contributed by atoms with van der Waals surface area (Å²) in [6, 6.07) is 5.02. The van der Waals surface area contributed by atoms with Crippen molar-refractivity contribution in [1.82, 2.24) is 0 Å². The fourth-order valence-electron chi connectivity index (χ4n) is 0.963. The first-order chi connectivity index (χ1) is 6.61. The van der Waals surface area contributed by atoms with Gasteiger partial charge < -0.3 is 4.74 Å². The molecule has 0 fully saturated rings. The molecule has 0 bridgehead atoms. The number of halogens is 2. The molecule has 0 heterocycles. The highest BCUT2D eigenvalue weighted by molar-refractivity contribution is 9.10. The lowest BCUT2D eigenvalue weighted by molar-refractivity contribution is 0.0600. The largest absolute Gasteiger partial charge is 0.465 e. The highest BCUT2D eigenvalue weighted by Crippen LogP contribution is 2.27.